The van der Waals surface area contributed by atoms with Crippen LogP contribution >= 0.6 is 11.6 Å². The minimum atomic E-state index is -0.676. The highest BCUT2D eigenvalue weighted by atomic mass is 35.5. The fraction of sp³-hybridized carbons (Fsp3) is 0.304. The number of hydrogen-bond donors (Lipinski definition) is 0. The van der Waals surface area contributed by atoms with Crippen molar-refractivity contribution in [2.24, 2.45) is 5.92 Å². The molecule has 0 N–H and O–H groups in total. The van der Waals surface area contributed by atoms with Gasteiger partial charge in [-0.2, -0.15) is 0 Å². The minimum absolute atomic E-state index is 0.00423. The fourth-order valence-electron chi connectivity index (χ4n) is 4.56. The molecule has 4 rings (SSSR count). The van der Waals surface area contributed by atoms with Crippen LogP contribution in [0.3, 0.4) is 0 Å². The molecule has 3 heteroatoms. The Morgan fingerprint density at radius 2 is 1.77 bits per heavy atom. The fourth-order valence-corrected chi connectivity index (χ4v) is 4.67. The Bertz CT molecular complexity index is 941. The van der Waals surface area contributed by atoms with Gasteiger partial charge in [-0.25, -0.2) is 8.78 Å². The van der Waals surface area contributed by atoms with Crippen molar-refractivity contribution in [2.45, 2.75) is 38.5 Å². The number of rotatable bonds is 3. The summed E-state index contributed by atoms with van der Waals surface area (Å²) in [6.45, 7) is 2.16. The van der Waals surface area contributed by atoms with Crippen molar-refractivity contribution >= 4 is 22.4 Å². The summed E-state index contributed by atoms with van der Waals surface area (Å²) in [5.41, 5.74) is 3.21. The van der Waals surface area contributed by atoms with Gasteiger partial charge >= 0.3 is 0 Å². The number of halogens is 3. The lowest BCUT2D eigenvalue weighted by Gasteiger charge is -2.35. The van der Waals surface area contributed by atoms with Gasteiger partial charge in [-0.15, -0.1) is 0 Å². The topological polar surface area (TPSA) is 0 Å². The zero-order chi connectivity index (χ0) is 18.3. The Kier molecular flexibility index (Phi) is 4.71. The largest absolute Gasteiger partial charge is 0.205 e. The molecular formula is C23H21ClF2. The molecule has 134 valence electrons. The molecule has 0 saturated heterocycles. The number of benzene rings is 3. The van der Waals surface area contributed by atoms with Gasteiger partial charge in [-0.05, 0) is 64.8 Å². The van der Waals surface area contributed by atoms with E-state index in [0.717, 1.165) is 25.7 Å². The summed E-state index contributed by atoms with van der Waals surface area (Å²) in [7, 11) is 0. The molecule has 0 aromatic heterocycles. The average Bonchev–Trinajstić information content (AvgIpc) is 2.65. The molecule has 2 atom stereocenters. The van der Waals surface area contributed by atoms with Crippen molar-refractivity contribution in [3.05, 3.63) is 81.9 Å². The number of aryl methyl sites for hydroxylation is 1. The van der Waals surface area contributed by atoms with Crippen molar-refractivity contribution in [3.63, 3.8) is 0 Å². The molecule has 0 nitrogen and oxygen atoms in total. The van der Waals surface area contributed by atoms with Crippen LogP contribution in [0, 0.1) is 17.6 Å². The van der Waals surface area contributed by atoms with Gasteiger partial charge in [0.05, 0.1) is 0 Å². The maximum atomic E-state index is 14.2. The van der Waals surface area contributed by atoms with Gasteiger partial charge in [0.2, 0.25) is 0 Å². The van der Waals surface area contributed by atoms with Crippen LogP contribution in [-0.4, -0.2) is 0 Å². The predicted octanol–water partition coefficient (Wildman–Crippen LogP) is 7.27. The van der Waals surface area contributed by atoms with Crippen LogP contribution in [0.2, 0.25) is 5.02 Å². The summed E-state index contributed by atoms with van der Waals surface area (Å²) >= 11 is 5.71. The van der Waals surface area contributed by atoms with Crippen molar-refractivity contribution in [2.75, 3.05) is 0 Å². The monoisotopic (exact) mass is 370 g/mol. The van der Waals surface area contributed by atoms with Crippen molar-refractivity contribution in [3.8, 4) is 0 Å². The molecule has 0 heterocycles. The van der Waals surface area contributed by atoms with E-state index in [-0.39, 0.29) is 5.92 Å². The Labute approximate surface area is 157 Å². The summed E-state index contributed by atoms with van der Waals surface area (Å²) in [5.74, 6) is -0.965. The second-order valence-corrected chi connectivity index (χ2v) is 7.60. The first-order valence-corrected chi connectivity index (χ1v) is 9.63. The quantitative estimate of drug-likeness (QED) is 0.425. The molecule has 0 unspecified atom stereocenters. The molecule has 0 spiro atoms. The highest BCUT2D eigenvalue weighted by Gasteiger charge is 2.32. The summed E-state index contributed by atoms with van der Waals surface area (Å²) in [5, 5.41) is 2.04. The highest BCUT2D eigenvalue weighted by Crippen LogP contribution is 2.45. The van der Waals surface area contributed by atoms with Gasteiger partial charge in [0, 0.05) is 5.92 Å². The maximum absolute atomic E-state index is 14.2. The van der Waals surface area contributed by atoms with E-state index >= 15 is 0 Å². The van der Waals surface area contributed by atoms with Crippen molar-refractivity contribution in [1.29, 1.82) is 0 Å². The van der Waals surface area contributed by atoms with Gasteiger partial charge in [0.15, 0.2) is 0 Å². The zero-order valence-corrected chi connectivity index (χ0v) is 15.5. The van der Waals surface area contributed by atoms with Crippen LogP contribution in [0.5, 0.6) is 0 Å². The summed E-state index contributed by atoms with van der Waals surface area (Å²) in [6, 6.07) is 15.5. The first kappa shape index (κ1) is 17.5. The smallest absolute Gasteiger partial charge is 0.145 e. The lowest BCUT2D eigenvalue weighted by Crippen LogP contribution is -2.22. The predicted molar refractivity (Wildman–Crippen MR) is 104 cm³/mol. The van der Waals surface area contributed by atoms with E-state index in [4.69, 9.17) is 11.6 Å². The zero-order valence-electron chi connectivity index (χ0n) is 14.7. The average molecular weight is 371 g/mol. The molecule has 3 aromatic carbocycles. The lowest BCUT2D eigenvalue weighted by molar-refractivity contribution is 0.378. The third kappa shape index (κ3) is 2.91. The lowest BCUT2D eigenvalue weighted by atomic mass is 9.69. The van der Waals surface area contributed by atoms with Crippen LogP contribution in [-0.2, 0) is 6.42 Å². The Hall–Kier alpha value is -1.93. The van der Waals surface area contributed by atoms with E-state index in [2.05, 4.69) is 37.3 Å². The minimum Gasteiger partial charge on any atom is -0.205 e. The number of hydrogen-bond acceptors (Lipinski definition) is 0. The standard InChI is InChI=1S/C23H21ClF2/c1-2-5-15-9-10-18-17-7-4-3-6-14(17)8-11-19(18)22(15)16-12-20(25)23(24)21(26)13-16/h3-4,6-8,11-13,15,22H,2,5,9-10H2,1H3/t15-,22-/m1/s1. The Morgan fingerprint density at radius 1 is 1.04 bits per heavy atom. The molecule has 26 heavy (non-hydrogen) atoms. The van der Waals surface area contributed by atoms with Gasteiger partial charge in [0.1, 0.15) is 16.7 Å². The van der Waals surface area contributed by atoms with Crippen LogP contribution in [0.25, 0.3) is 10.8 Å². The van der Waals surface area contributed by atoms with Crippen molar-refractivity contribution in [1.82, 2.24) is 0 Å². The maximum Gasteiger partial charge on any atom is 0.145 e. The van der Waals surface area contributed by atoms with Crippen LogP contribution in [0.1, 0.15) is 48.8 Å². The third-order valence-electron chi connectivity index (χ3n) is 5.67. The molecule has 1 aliphatic carbocycles. The van der Waals surface area contributed by atoms with E-state index in [1.807, 2.05) is 6.07 Å². The molecular weight excluding hydrogens is 350 g/mol. The van der Waals surface area contributed by atoms with Gasteiger partial charge < -0.3 is 0 Å². The van der Waals surface area contributed by atoms with Crippen LogP contribution in [0.15, 0.2) is 48.5 Å². The van der Waals surface area contributed by atoms with Gasteiger partial charge in [-0.3, -0.25) is 0 Å². The second-order valence-electron chi connectivity index (χ2n) is 7.22. The molecule has 0 saturated carbocycles. The van der Waals surface area contributed by atoms with E-state index < -0.39 is 16.7 Å². The van der Waals surface area contributed by atoms with Crippen LogP contribution in [0.4, 0.5) is 8.78 Å². The molecule has 0 radical (unpaired) electrons. The summed E-state index contributed by atoms with van der Waals surface area (Å²) in [4.78, 5) is 0. The van der Waals surface area contributed by atoms with Crippen molar-refractivity contribution < 1.29 is 8.78 Å². The molecule has 1 aliphatic rings. The summed E-state index contributed by atoms with van der Waals surface area (Å²) in [6.07, 6.45) is 4.15. The number of fused-ring (bicyclic) bond motifs is 3. The Balaban J connectivity index is 1.92. The molecule has 3 aromatic rings. The summed E-state index contributed by atoms with van der Waals surface area (Å²) < 4.78 is 28.3. The molecule has 0 fully saturated rings. The molecule has 0 aliphatic heterocycles. The van der Waals surface area contributed by atoms with Crippen LogP contribution < -0.4 is 0 Å². The van der Waals surface area contributed by atoms with Gasteiger partial charge in [0.25, 0.3) is 0 Å². The van der Waals surface area contributed by atoms with E-state index in [1.54, 1.807) is 0 Å². The van der Waals surface area contributed by atoms with E-state index in [9.17, 15) is 8.78 Å². The first-order chi connectivity index (χ1) is 12.6. The SMILES string of the molecule is CCC[C@@H]1CCc2c(ccc3ccccc23)[C@H]1c1cc(F)c(Cl)c(F)c1. The second kappa shape index (κ2) is 7.00. The van der Waals surface area contributed by atoms with E-state index in [0.29, 0.717) is 11.5 Å². The first-order valence-electron chi connectivity index (χ1n) is 9.25. The van der Waals surface area contributed by atoms with E-state index in [1.165, 1.54) is 34.0 Å². The highest BCUT2D eigenvalue weighted by molar-refractivity contribution is 6.30. The third-order valence-corrected chi connectivity index (χ3v) is 6.03. The molecule has 0 bridgehead atoms. The normalized spacial score (nSPS) is 19.5. The molecule has 0 amide bonds. The van der Waals surface area contributed by atoms with Gasteiger partial charge in [-0.1, -0.05) is 61.3 Å². The Morgan fingerprint density at radius 3 is 2.50 bits per heavy atom.